The number of rotatable bonds is 12. The molecular formula is C28H32O6. The molecule has 6 heteroatoms. The molecule has 0 radical (unpaired) electrons. The van der Waals surface area contributed by atoms with E-state index in [2.05, 4.69) is 0 Å². The summed E-state index contributed by atoms with van der Waals surface area (Å²) in [6.07, 6.45) is 10.0. The van der Waals surface area contributed by atoms with E-state index in [1.54, 1.807) is 56.7 Å². The second-order valence-corrected chi connectivity index (χ2v) is 8.52. The summed E-state index contributed by atoms with van der Waals surface area (Å²) in [6.45, 7) is -0.363. The smallest absolute Gasteiger partial charge is 0.166 e. The zero-order chi connectivity index (χ0) is 24.5. The lowest BCUT2D eigenvalue weighted by atomic mass is 9.76. The Kier molecular flexibility index (Phi) is 9.19. The van der Waals surface area contributed by atoms with Crippen LogP contribution >= 0.6 is 0 Å². The lowest BCUT2D eigenvalue weighted by molar-refractivity contribution is -0.128. The molecule has 2 N–H and O–H groups in total. The van der Waals surface area contributed by atoms with Gasteiger partial charge < -0.3 is 19.7 Å². The summed E-state index contributed by atoms with van der Waals surface area (Å²) >= 11 is 0. The number of methoxy groups -OCH3 is 2. The third-order valence-electron chi connectivity index (χ3n) is 6.34. The number of ether oxygens (including phenoxy) is 2. The summed E-state index contributed by atoms with van der Waals surface area (Å²) in [5, 5.41) is 18.8. The van der Waals surface area contributed by atoms with Gasteiger partial charge in [-0.15, -0.1) is 0 Å². The van der Waals surface area contributed by atoms with Gasteiger partial charge in [0, 0.05) is 0 Å². The fourth-order valence-corrected chi connectivity index (χ4v) is 4.03. The largest absolute Gasteiger partial charge is 0.493 e. The predicted octanol–water partition coefficient (Wildman–Crippen LogP) is 4.36. The number of carbonyl (C=O) groups excluding carboxylic acids is 2. The van der Waals surface area contributed by atoms with Crippen molar-refractivity contribution in [1.82, 2.24) is 0 Å². The molecule has 0 spiro atoms. The fraction of sp³-hybridized carbons (Fsp3) is 0.357. The number of ketones is 2. The molecule has 0 aromatic heterocycles. The minimum Gasteiger partial charge on any atom is -0.493 e. The molecule has 0 heterocycles. The predicted molar refractivity (Wildman–Crippen MR) is 131 cm³/mol. The SMILES string of the molecule is COc1ccc(/C=C/C(=O)C(CC2CCC2)C(=O)/C=C/c2ccc(CO)c(CO)c2)cc1OC. The van der Waals surface area contributed by atoms with Gasteiger partial charge in [0.05, 0.1) is 33.4 Å². The van der Waals surface area contributed by atoms with Gasteiger partial charge in [-0.1, -0.05) is 49.6 Å². The third kappa shape index (κ3) is 6.43. The average Bonchev–Trinajstić information content (AvgIpc) is 2.84. The second kappa shape index (κ2) is 12.3. The number of hydrogen-bond donors (Lipinski definition) is 2. The minimum absolute atomic E-state index is 0.164. The normalized spacial score (nSPS) is 14.8. The zero-order valence-electron chi connectivity index (χ0n) is 19.7. The summed E-state index contributed by atoms with van der Waals surface area (Å²) in [7, 11) is 3.11. The summed E-state index contributed by atoms with van der Waals surface area (Å²) in [5.74, 6) is 0.383. The molecule has 2 aromatic rings. The van der Waals surface area contributed by atoms with E-state index < -0.39 is 5.92 Å². The van der Waals surface area contributed by atoms with Crippen molar-refractivity contribution in [3.63, 3.8) is 0 Å². The molecule has 1 aliphatic rings. The quantitative estimate of drug-likeness (QED) is 0.358. The first-order valence-electron chi connectivity index (χ1n) is 11.5. The van der Waals surface area contributed by atoms with Gasteiger partial charge >= 0.3 is 0 Å². The number of aliphatic hydroxyl groups excluding tert-OH is 2. The van der Waals surface area contributed by atoms with Crippen LogP contribution in [0.2, 0.25) is 0 Å². The van der Waals surface area contributed by atoms with Crippen LogP contribution in [0.5, 0.6) is 11.5 Å². The molecule has 1 atom stereocenters. The monoisotopic (exact) mass is 464 g/mol. The van der Waals surface area contributed by atoms with Gasteiger partial charge in [0.15, 0.2) is 23.1 Å². The molecular weight excluding hydrogens is 432 g/mol. The Morgan fingerprint density at radius 3 is 2.00 bits per heavy atom. The molecule has 1 unspecified atom stereocenters. The van der Waals surface area contributed by atoms with Crippen LogP contribution in [-0.2, 0) is 22.8 Å². The van der Waals surface area contributed by atoms with Gasteiger partial charge in [-0.3, -0.25) is 9.59 Å². The topological polar surface area (TPSA) is 93.1 Å². The zero-order valence-corrected chi connectivity index (χ0v) is 19.7. The van der Waals surface area contributed by atoms with Crippen molar-refractivity contribution in [2.75, 3.05) is 14.2 Å². The standard InChI is InChI=1S/C28H32O6/c1-33-27-13-9-21(16-28(27)34-2)8-12-26(32)24(15-19-4-3-5-19)25(31)11-7-20-6-10-22(17-29)23(14-20)18-30/h6-14,16,19,24,29-30H,3-5,15,17-18H2,1-2H3/b11-7+,12-8+. The van der Waals surface area contributed by atoms with Gasteiger partial charge in [-0.05, 0) is 64.9 Å². The van der Waals surface area contributed by atoms with Gasteiger partial charge in [0.25, 0.3) is 0 Å². The molecule has 180 valence electrons. The molecule has 0 amide bonds. The second-order valence-electron chi connectivity index (χ2n) is 8.52. The lowest BCUT2D eigenvalue weighted by Crippen LogP contribution is -2.26. The van der Waals surface area contributed by atoms with E-state index >= 15 is 0 Å². The molecule has 3 rings (SSSR count). The van der Waals surface area contributed by atoms with Crippen LogP contribution in [0, 0.1) is 11.8 Å². The molecule has 1 saturated carbocycles. The summed E-state index contributed by atoms with van der Waals surface area (Å²) < 4.78 is 10.6. The first-order chi connectivity index (χ1) is 16.5. The van der Waals surface area contributed by atoms with Gasteiger partial charge in [0.1, 0.15) is 0 Å². The highest BCUT2D eigenvalue weighted by molar-refractivity contribution is 6.13. The maximum Gasteiger partial charge on any atom is 0.166 e. The number of carbonyl (C=O) groups is 2. The fourth-order valence-electron chi connectivity index (χ4n) is 4.03. The average molecular weight is 465 g/mol. The van der Waals surface area contributed by atoms with E-state index in [0.717, 1.165) is 30.4 Å². The van der Waals surface area contributed by atoms with E-state index in [1.807, 2.05) is 6.07 Å². The van der Waals surface area contributed by atoms with Crippen molar-refractivity contribution in [3.05, 3.63) is 70.8 Å². The van der Waals surface area contributed by atoms with Crippen LogP contribution in [0.3, 0.4) is 0 Å². The van der Waals surface area contributed by atoms with Crippen LogP contribution in [0.15, 0.2) is 48.6 Å². The van der Waals surface area contributed by atoms with E-state index in [0.29, 0.717) is 35.0 Å². The van der Waals surface area contributed by atoms with Crippen molar-refractivity contribution >= 4 is 23.7 Å². The van der Waals surface area contributed by atoms with E-state index in [1.165, 1.54) is 12.2 Å². The van der Waals surface area contributed by atoms with Crippen molar-refractivity contribution in [2.24, 2.45) is 11.8 Å². The van der Waals surface area contributed by atoms with Crippen LogP contribution in [0.25, 0.3) is 12.2 Å². The lowest BCUT2D eigenvalue weighted by Gasteiger charge is -2.27. The number of allylic oxidation sites excluding steroid dienone is 2. The molecule has 2 aromatic carbocycles. The maximum atomic E-state index is 13.0. The molecule has 0 aliphatic heterocycles. The third-order valence-corrected chi connectivity index (χ3v) is 6.34. The van der Waals surface area contributed by atoms with Gasteiger partial charge in [-0.2, -0.15) is 0 Å². The highest BCUT2D eigenvalue weighted by Gasteiger charge is 2.29. The molecule has 0 saturated heterocycles. The van der Waals surface area contributed by atoms with E-state index in [9.17, 15) is 19.8 Å². The Morgan fingerprint density at radius 2 is 1.47 bits per heavy atom. The van der Waals surface area contributed by atoms with Crippen LogP contribution in [0.4, 0.5) is 0 Å². The molecule has 0 bridgehead atoms. The Bertz CT molecular complexity index is 987. The number of aliphatic hydroxyl groups is 2. The van der Waals surface area contributed by atoms with Gasteiger partial charge in [0.2, 0.25) is 0 Å². The van der Waals surface area contributed by atoms with Crippen molar-refractivity contribution in [3.8, 4) is 11.5 Å². The van der Waals surface area contributed by atoms with E-state index in [4.69, 9.17) is 9.47 Å². The van der Waals surface area contributed by atoms with E-state index in [-0.39, 0.29) is 24.8 Å². The first-order valence-corrected chi connectivity index (χ1v) is 11.5. The Labute approximate surface area is 200 Å². The van der Waals surface area contributed by atoms with Gasteiger partial charge in [-0.25, -0.2) is 0 Å². The summed E-state index contributed by atoms with van der Waals surface area (Å²) in [6, 6.07) is 10.6. The summed E-state index contributed by atoms with van der Waals surface area (Å²) in [5.41, 5.74) is 2.75. The Hall–Kier alpha value is -3.22. The number of benzene rings is 2. The van der Waals surface area contributed by atoms with Crippen LogP contribution in [0.1, 0.15) is 47.9 Å². The van der Waals surface area contributed by atoms with Crippen molar-refractivity contribution in [2.45, 2.75) is 38.9 Å². The Balaban J connectivity index is 1.76. The molecule has 34 heavy (non-hydrogen) atoms. The van der Waals surface area contributed by atoms with Crippen LogP contribution < -0.4 is 9.47 Å². The Morgan fingerprint density at radius 1 is 0.882 bits per heavy atom. The molecule has 1 aliphatic carbocycles. The minimum atomic E-state index is -0.730. The van der Waals surface area contributed by atoms with Crippen LogP contribution in [-0.4, -0.2) is 36.0 Å². The number of hydrogen-bond acceptors (Lipinski definition) is 6. The summed E-state index contributed by atoms with van der Waals surface area (Å²) in [4.78, 5) is 26.1. The highest BCUT2D eigenvalue weighted by Crippen LogP contribution is 2.33. The first kappa shape index (κ1) is 25.4. The molecule has 6 nitrogen and oxygen atoms in total. The highest BCUT2D eigenvalue weighted by atomic mass is 16.5. The maximum absolute atomic E-state index is 13.0. The molecule has 1 fully saturated rings. The van der Waals surface area contributed by atoms with Crippen molar-refractivity contribution in [1.29, 1.82) is 0 Å². The van der Waals surface area contributed by atoms with Crippen molar-refractivity contribution < 1.29 is 29.3 Å².